The maximum absolute atomic E-state index is 5.45. The average molecular weight is 217 g/mol. The van der Waals surface area contributed by atoms with Crippen LogP contribution in [0, 0.1) is 0 Å². The molecule has 2 heterocycles. The molecule has 82 valence electrons. The third-order valence-electron chi connectivity index (χ3n) is 2.63. The fraction of sp³-hybridized carbons (Fsp3) is 0.400. The quantitative estimate of drug-likeness (QED) is 0.839. The predicted molar refractivity (Wildman–Crippen MR) is 56.6 cm³/mol. The van der Waals surface area contributed by atoms with Crippen molar-refractivity contribution in [1.29, 1.82) is 0 Å². The summed E-state index contributed by atoms with van der Waals surface area (Å²) in [6.45, 7) is 2.12. The van der Waals surface area contributed by atoms with Crippen LogP contribution in [0.15, 0.2) is 22.7 Å². The first kappa shape index (κ1) is 9.26. The van der Waals surface area contributed by atoms with Gasteiger partial charge >= 0.3 is 6.01 Å². The SMILES string of the molecule is CC1(Nc2nnc(-c3cccnn3)o2)CC1. The van der Waals surface area contributed by atoms with Gasteiger partial charge in [0, 0.05) is 11.7 Å². The van der Waals surface area contributed by atoms with Crippen LogP contribution in [-0.2, 0) is 0 Å². The standard InChI is InChI=1S/C10H11N5O/c1-10(4-5-10)12-9-15-14-8(16-9)7-3-2-6-11-13-7/h2-3,6H,4-5H2,1H3,(H,12,15). The third-order valence-corrected chi connectivity index (χ3v) is 2.63. The summed E-state index contributed by atoms with van der Waals surface area (Å²) in [5.41, 5.74) is 0.718. The molecule has 0 radical (unpaired) electrons. The van der Waals surface area contributed by atoms with Gasteiger partial charge in [-0.05, 0) is 31.9 Å². The predicted octanol–water partition coefficient (Wildman–Crippen LogP) is 1.49. The van der Waals surface area contributed by atoms with Gasteiger partial charge in [-0.25, -0.2) is 0 Å². The molecule has 3 rings (SSSR count). The van der Waals surface area contributed by atoms with Crippen molar-refractivity contribution in [3.05, 3.63) is 18.3 Å². The second-order valence-corrected chi connectivity index (χ2v) is 4.21. The average Bonchev–Trinajstić information content (AvgIpc) is 2.86. The van der Waals surface area contributed by atoms with Gasteiger partial charge in [-0.3, -0.25) is 0 Å². The van der Waals surface area contributed by atoms with Crippen molar-refractivity contribution in [2.45, 2.75) is 25.3 Å². The van der Waals surface area contributed by atoms with E-state index in [1.807, 2.05) is 0 Å². The first-order valence-corrected chi connectivity index (χ1v) is 5.15. The number of hydrogen-bond acceptors (Lipinski definition) is 6. The van der Waals surface area contributed by atoms with Crippen molar-refractivity contribution < 1.29 is 4.42 Å². The van der Waals surface area contributed by atoms with E-state index in [0.29, 0.717) is 17.6 Å². The molecule has 0 spiro atoms. The van der Waals surface area contributed by atoms with Crippen molar-refractivity contribution in [3.8, 4) is 11.6 Å². The monoisotopic (exact) mass is 217 g/mol. The van der Waals surface area contributed by atoms with E-state index in [2.05, 4.69) is 32.6 Å². The Labute approximate surface area is 92.1 Å². The van der Waals surface area contributed by atoms with Gasteiger partial charge in [-0.15, -0.1) is 10.2 Å². The lowest BCUT2D eigenvalue weighted by Crippen LogP contribution is -2.15. The van der Waals surface area contributed by atoms with Crippen LogP contribution >= 0.6 is 0 Å². The molecule has 6 nitrogen and oxygen atoms in total. The fourth-order valence-electron chi connectivity index (χ4n) is 1.36. The Morgan fingerprint density at radius 2 is 2.19 bits per heavy atom. The number of rotatable bonds is 3. The van der Waals surface area contributed by atoms with Gasteiger partial charge in [0.25, 0.3) is 5.89 Å². The zero-order valence-corrected chi connectivity index (χ0v) is 8.84. The summed E-state index contributed by atoms with van der Waals surface area (Å²) >= 11 is 0. The summed E-state index contributed by atoms with van der Waals surface area (Å²) in [7, 11) is 0. The maximum Gasteiger partial charge on any atom is 0.316 e. The van der Waals surface area contributed by atoms with E-state index in [0.717, 1.165) is 12.8 Å². The molecule has 0 aliphatic heterocycles. The molecule has 2 aromatic rings. The van der Waals surface area contributed by atoms with Crippen LogP contribution in [0.4, 0.5) is 6.01 Å². The molecule has 0 bridgehead atoms. The lowest BCUT2D eigenvalue weighted by Gasteiger charge is -2.06. The Kier molecular flexibility index (Phi) is 1.89. The zero-order valence-electron chi connectivity index (χ0n) is 8.84. The number of nitrogens with zero attached hydrogens (tertiary/aromatic N) is 4. The fourth-order valence-corrected chi connectivity index (χ4v) is 1.36. The summed E-state index contributed by atoms with van der Waals surface area (Å²) in [5, 5.41) is 18.7. The Morgan fingerprint density at radius 1 is 1.31 bits per heavy atom. The van der Waals surface area contributed by atoms with Crippen molar-refractivity contribution >= 4 is 6.01 Å². The van der Waals surface area contributed by atoms with E-state index in [4.69, 9.17) is 4.42 Å². The Morgan fingerprint density at radius 3 is 2.88 bits per heavy atom. The normalized spacial score (nSPS) is 17.1. The number of anilines is 1. The van der Waals surface area contributed by atoms with E-state index >= 15 is 0 Å². The van der Waals surface area contributed by atoms with Crippen LogP contribution in [0.25, 0.3) is 11.6 Å². The molecule has 1 N–H and O–H groups in total. The van der Waals surface area contributed by atoms with Gasteiger partial charge in [0.1, 0.15) is 5.69 Å². The van der Waals surface area contributed by atoms with E-state index in [1.165, 1.54) is 0 Å². The van der Waals surface area contributed by atoms with Crippen molar-refractivity contribution in [2.75, 3.05) is 5.32 Å². The van der Waals surface area contributed by atoms with Crippen LogP contribution in [-0.4, -0.2) is 25.9 Å². The Balaban J connectivity index is 1.82. The molecule has 1 aliphatic carbocycles. The third kappa shape index (κ3) is 1.73. The van der Waals surface area contributed by atoms with Crippen LogP contribution in [0.2, 0.25) is 0 Å². The zero-order chi connectivity index (χ0) is 11.0. The second-order valence-electron chi connectivity index (χ2n) is 4.21. The Bertz CT molecular complexity index is 491. The molecule has 0 saturated heterocycles. The highest BCUT2D eigenvalue weighted by molar-refractivity contribution is 5.46. The minimum absolute atomic E-state index is 0.131. The van der Waals surface area contributed by atoms with Gasteiger partial charge in [-0.2, -0.15) is 5.10 Å². The second kappa shape index (κ2) is 3.26. The summed E-state index contributed by atoms with van der Waals surface area (Å²) < 4.78 is 5.45. The molecule has 6 heteroatoms. The molecule has 0 aromatic carbocycles. The lowest BCUT2D eigenvalue weighted by molar-refractivity contribution is 0.566. The van der Waals surface area contributed by atoms with Crippen LogP contribution in [0.3, 0.4) is 0 Å². The van der Waals surface area contributed by atoms with Crippen molar-refractivity contribution in [2.24, 2.45) is 0 Å². The van der Waals surface area contributed by atoms with E-state index in [-0.39, 0.29) is 5.54 Å². The molecule has 2 aromatic heterocycles. The van der Waals surface area contributed by atoms with Gasteiger partial charge in [0.2, 0.25) is 0 Å². The molecular formula is C10H11N5O. The molecule has 0 amide bonds. The lowest BCUT2D eigenvalue weighted by atomic mass is 10.3. The van der Waals surface area contributed by atoms with Crippen LogP contribution < -0.4 is 5.32 Å². The summed E-state index contributed by atoms with van der Waals surface area (Å²) in [5.74, 6) is 0.389. The van der Waals surface area contributed by atoms with Crippen molar-refractivity contribution in [1.82, 2.24) is 20.4 Å². The maximum atomic E-state index is 5.45. The molecule has 0 unspecified atom stereocenters. The minimum atomic E-state index is 0.131. The summed E-state index contributed by atoms with van der Waals surface area (Å²) in [6.07, 6.45) is 3.87. The number of nitrogens with one attached hydrogen (secondary N) is 1. The molecule has 1 aliphatic rings. The van der Waals surface area contributed by atoms with Crippen LogP contribution in [0.5, 0.6) is 0 Å². The Hall–Kier alpha value is -1.98. The number of aromatic nitrogens is 4. The minimum Gasteiger partial charge on any atom is -0.402 e. The largest absolute Gasteiger partial charge is 0.402 e. The van der Waals surface area contributed by atoms with Crippen molar-refractivity contribution in [3.63, 3.8) is 0 Å². The molecule has 16 heavy (non-hydrogen) atoms. The smallest absolute Gasteiger partial charge is 0.316 e. The number of hydrogen-bond donors (Lipinski definition) is 1. The van der Waals surface area contributed by atoms with Crippen LogP contribution in [0.1, 0.15) is 19.8 Å². The highest BCUT2D eigenvalue weighted by Crippen LogP contribution is 2.37. The highest BCUT2D eigenvalue weighted by atomic mass is 16.4. The van der Waals surface area contributed by atoms with Gasteiger partial charge < -0.3 is 9.73 Å². The van der Waals surface area contributed by atoms with Gasteiger partial charge in [0.05, 0.1) is 0 Å². The van der Waals surface area contributed by atoms with Gasteiger partial charge in [0.15, 0.2) is 0 Å². The molecular weight excluding hydrogens is 206 g/mol. The summed E-state index contributed by atoms with van der Waals surface area (Å²) in [4.78, 5) is 0. The summed E-state index contributed by atoms with van der Waals surface area (Å²) in [6, 6.07) is 4.01. The first-order valence-electron chi connectivity index (χ1n) is 5.15. The van der Waals surface area contributed by atoms with E-state index < -0.39 is 0 Å². The molecule has 1 saturated carbocycles. The highest BCUT2D eigenvalue weighted by Gasteiger charge is 2.38. The molecule has 1 fully saturated rings. The molecule has 0 atom stereocenters. The first-order chi connectivity index (χ1) is 7.75. The van der Waals surface area contributed by atoms with E-state index in [9.17, 15) is 0 Å². The van der Waals surface area contributed by atoms with E-state index in [1.54, 1.807) is 18.3 Å². The van der Waals surface area contributed by atoms with Gasteiger partial charge in [-0.1, -0.05) is 5.10 Å². The topological polar surface area (TPSA) is 76.7 Å².